The standard InChI is InChI=1S/C13H12BrCl2NS/c1-8(12-3-2-10(15)5-13(12)16)17-6-11-4-9(14)7-18-11/h2-5,7-8,17H,6H2,1H3. The summed E-state index contributed by atoms with van der Waals surface area (Å²) in [5.74, 6) is 0. The average Bonchev–Trinajstić information content (AvgIpc) is 2.72. The van der Waals surface area contributed by atoms with E-state index in [1.807, 2.05) is 12.1 Å². The van der Waals surface area contributed by atoms with Gasteiger partial charge in [0, 0.05) is 37.4 Å². The van der Waals surface area contributed by atoms with Crippen LogP contribution in [0.15, 0.2) is 34.1 Å². The third-order valence-electron chi connectivity index (χ3n) is 2.63. The molecule has 0 fully saturated rings. The maximum atomic E-state index is 6.18. The predicted molar refractivity (Wildman–Crippen MR) is 83.7 cm³/mol. The molecule has 0 aliphatic carbocycles. The van der Waals surface area contributed by atoms with E-state index in [2.05, 4.69) is 39.6 Å². The molecule has 5 heteroatoms. The number of hydrogen-bond donors (Lipinski definition) is 1. The van der Waals surface area contributed by atoms with Crippen molar-refractivity contribution in [1.29, 1.82) is 0 Å². The van der Waals surface area contributed by atoms with Gasteiger partial charge in [0.1, 0.15) is 0 Å². The second-order valence-electron chi connectivity index (χ2n) is 4.00. The minimum absolute atomic E-state index is 0.190. The van der Waals surface area contributed by atoms with Crippen LogP contribution in [0.1, 0.15) is 23.4 Å². The summed E-state index contributed by atoms with van der Waals surface area (Å²) in [6.07, 6.45) is 0. The van der Waals surface area contributed by atoms with Crippen molar-refractivity contribution in [2.45, 2.75) is 19.5 Å². The van der Waals surface area contributed by atoms with Crippen molar-refractivity contribution in [3.05, 3.63) is 54.6 Å². The first-order chi connectivity index (χ1) is 8.56. The number of halogens is 3. The molecule has 1 unspecified atom stereocenters. The van der Waals surface area contributed by atoms with Gasteiger partial charge < -0.3 is 5.32 Å². The fourth-order valence-electron chi connectivity index (χ4n) is 1.66. The summed E-state index contributed by atoms with van der Waals surface area (Å²) in [7, 11) is 0. The van der Waals surface area contributed by atoms with Gasteiger partial charge in [-0.25, -0.2) is 0 Å². The van der Waals surface area contributed by atoms with Crippen LogP contribution in [0.3, 0.4) is 0 Å². The lowest BCUT2D eigenvalue weighted by Crippen LogP contribution is -2.17. The summed E-state index contributed by atoms with van der Waals surface area (Å²) in [5.41, 5.74) is 1.07. The molecule has 1 aromatic carbocycles. The Bertz CT molecular complexity index is 542. The van der Waals surface area contributed by atoms with Crippen LogP contribution < -0.4 is 5.32 Å². The van der Waals surface area contributed by atoms with E-state index in [1.54, 1.807) is 17.4 Å². The van der Waals surface area contributed by atoms with Crippen molar-refractivity contribution in [2.24, 2.45) is 0 Å². The molecular formula is C13H12BrCl2NS. The zero-order valence-corrected chi connectivity index (χ0v) is 13.6. The highest BCUT2D eigenvalue weighted by atomic mass is 79.9. The van der Waals surface area contributed by atoms with Gasteiger partial charge in [0.25, 0.3) is 0 Å². The van der Waals surface area contributed by atoms with Crippen LogP contribution in [0.25, 0.3) is 0 Å². The molecular weight excluding hydrogens is 353 g/mol. The summed E-state index contributed by atoms with van der Waals surface area (Å²) in [6.45, 7) is 2.92. The van der Waals surface area contributed by atoms with Crippen LogP contribution >= 0.6 is 50.5 Å². The van der Waals surface area contributed by atoms with Gasteiger partial charge in [-0.1, -0.05) is 29.3 Å². The minimum atomic E-state index is 0.190. The lowest BCUT2D eigenvalue weighted by atomic mass is 10.1. The largest absolute Gasteiger partial charge is 0.305 e. The lowest BCUT2D eigenvalue weighted by Gasteiger charge is -2.15. The molecule has 0 bridgehead atoms. The Morgan fingerprint density at radius 2 is 2.11 bits per heavy atom. The maximum absolute atomic E-state index is 6.18. The van der Waals surface area contributed by atoms with Crippen LogP contribution in [0.5, 0.6) is 0 Å². The van der Waals surface area contributed by atoms with Crippen LogP contribution in [0, 0.1) is 0 Å². The normalized spacial score (nSPS) is 12.7. The van der Waals surface area contributed by atoms with Gasteiger partial charge in [-0.15, -0.1) is 11.3 Å². The first-order valence-electron chi connectivity index (χ1n) is 5.47. The van der Waals surface area contributed by atoms with Crippen molar-refractivity contribution in [2.75, 3.05) is 0 Å². The van der Waals surface area contributed by atoms with E-state index in [0.29, 0.717) is 10.0 Å². The third kappa shape index (κ3) is 3.72. The fraction of sp³-hybridized carbons (Fsp3) is 0.231. The van der Waals surface area contributed by atoms with E-state index in [0.717, 1.165) is 16.6 Å². The van der Waals surface area contributed by atoms with Crippen LogP contribution in [0.4, 0.5) is 0 Å². The molecule has 1 nitrogen and oxygen atoms in total. The topological polar surface area (TPSA) is 12.0 Å². The third-order valence-corrected chi connectivity index (χ3v) is 4.89. The van der Waals surface area contributed by atoms with Crippen LogP contribution in [-0.4, -0.2) is 0 Å². The summed E-state index contributed by atoms with van der Waals surface area (Å²) >= 11 is 17.3. The molecule has 1 N–H and O–H groups in total. The molecule has 2 rings (SSSR count). The predicted octanol–water partition coefficient (Wildman–Crippen LogP) is 5.67. The first kappa shape index (κ1) is 14.4. The lowest BCUT2D eigenvalue weighted by molar-refractivity contribution is 0.579. The molecule has 18 heavy (non-hydrogen) atoms. The number of thiophene rings is 1. The van der Waals surface area contributed by atoms with Crippen LogP contribution in [-0.2, 0) is 6.54 Å². The molecule has 2 aromatic rings. The molecule has 0 spiro atoms. The van der Waals surface area contributed by atoms with Crippen molar-refractivity contribution in [3.63, 3.8) is 0 Å². The Kier molecular flexibility index (Phi) is 5.10. The molecule has 0 amide bonds. The van der Waals surface area contributed by atoms with E-state index < -0.39 is 0 Å². The smallest absolute Gasteiger partial charge is 0.0468 e. The second kappa shape index (κ2) is 6.40. The Morgan fingerprint density at radius 1 is 1.33 bits per heavy atom. The van der Waals surface area contributed by atoms with Gasteiger partial charge in [0.05, 0.1) is 0 Å². The van der Waals surface area contributed by atoms with E-state index in [4.69, 9.17) is 23.2 Å². The van der Waals surface area contributed by atoms with E-state index in [9.17, 15) is 0 Å². The first-order valence-corrected chi connectivity index (χ1v) is 7.90. The molecule has 0 aliphatic rings. The number of rotatable bonds is 4. The highest BCUT2D eigenvalue weighted by molar-refractivity contribution is 9.10. The van der Waals surface area contributed by atoms with Gasteiger partial charge in [-0.3, -0.25) is 0 Å². The number of benzene rings is 1. The Labute approximate surface area is 129 Å². The van der Waals surface area contributed by atoms with Gasteiger partial charge >= 0.3 is 0 Å². The van der Waals surface area contributed by atoms with Crippen molar-refractivity contribution < 1.29 is 0 Å². The summed E-state index contributed by atoms with van der Waals surface area (Å²) in [5, 5.41) is 6.90. The Morgan fingerprint density at radius 3 is 2.72 bits per heavy atom. The average molecular weight is 365 g/mol. The Hall–Kier alpha value is -0.0600. The second-order valence-corrected chi connectivity index (χ2v) is 6.75. The zero-order chi connectivity index (χ0) is 13.1. The monoisotopic (exact) mass is 363 g/mol. The maximum Gasteiger partial charge on any atom is 0.0468 e. The summed E-state index contributed by atoms with van der Waals surface area (Å²) < 4.78 is 1.13. The zero-order valence-electron chi connectivity index (χ0n) is 9.71. The fourth-order valence-corrected chi connectivity index (χ4v) is 3.64. The van der Waals surface area contributed by atoms with E-state index in [1.165, 1.54) is 4.88 Å². The minimum Gasteiger partial charge on any atom is -0.305 e. The van der Waals surface area contributed by atoms with Gasteiger partial charge in [-0.05, 0) is 46.6 Å². The molecule has 0 radical (unpaired) electrons. The molecule has 0 saturated heterocycles. The summed E-state index contributed by atoms with van der Waals surface area (Å²) in [4.78, 5) is 1.29. The van der Waals surface area contributed by atoms with Crippen molar-refractivity contribution in [1.82, 2.24) is 5.32 Å². The van der Waals surface area contributed by atoms with Crippen LogP contribution in [0.2, 0.25) is 10.0 Å². The van der Waals surface area contributed by atoms with Crippen molar-refractivity contribution in [3.8, 4) is 0 Å². The van der Waals surface area contributed by atoms with Gasteiger partial charge in [0.15, 0.2) is 0 Å². The quantitative estimate of drug-likeness (QED) is 0.737. The van der Waals surface area contributed by atoms with Gasteiger partial charge in [0.2, 0.25) is 0 Å². The van der Waals surface area contributed by atoms with E-state index in [-0.39, 0.29) is 6.04 Å². The molecule has 1 heterocycles. The summed E-state index contributed by atoms with van der Waals surface area (Å²) in [6, 6.07) is 7.91. The highest BCUT2D eigenvalue weighted by Gasteiger charge is 2.10. The SMILES string of the molecule is CC(NCc1cc(Br)cs1)c1ccc(Cl)cc1Cl. The molecule has 96 valence electrons. The Balaban J connectivity index is 2.01. The number of nitrogens with one attached hydrogen (secondary N) is 1. The van der Waals surface area contributed by atoms with Crippen molar-refractivity contribution >= 4 is 50.5 Å². The molecule has 1 aromatic heterocycles. The molecule has 0 saturated carbocycles. The van der Waals surface area contributed by atoms with Gasteiger partial charge in [-0.2, -0.15) is 0 Å². The molecule has 0 aliphatic heterocycles. The highest BCUT2D eigenvalue weighted by Crippen LogP contribution is 2.27. The number of hydrogen-bond acceptors (Lipinski definition) is 2. The molecule has 1 atom stereocenters. The van der Waals surface area contributed by atoms with E-state index >= 15 is 0 Å².